The van der Waals surface area contributed by atoms with Gasteiger partial charge in [-0.3, -0.25) is 9.59 Å². The van der Waals surface area contributed by atoms with Crippen molar-refractivity contribution in [3.8, 4) is 11.5 Å². The SMILES string of the molecule is O=C1COc2ccc(NC(=O)C(Cl)(Cl)Cl)cc2N1CCCOc1ccc(Cl)cc1. The van der Waals surface area contributed by atoms with E-state index in [1.165, 1.54) is 0 Å². The molecule has 0 spiro atoms. The molecule has 0 radical (unpaired) electrons. The molecule has 0 bridgehead atoms. The Morgan fingerprint density at radius 3 is 2.59 bits per heavy atom. The van der Waals surface area contributed by atoms with Gasteiger partial charge in [0.1, 0.15) is 11.5 Å². The molecular formula is C19H16Cl4N2O4. The Labute approximate surface area is 187 Å². The summed E-state index contributed by atoms with van der Waals surface area (Å²) in [5, 5.41) is 3.13. The Hall–Kier alpha value is -1.86. The van der Waals surface area contributed by atoms with Crippen LogP contribution in [0.1, 0.15) is 6.42 Å². The summed E-state index contributed by atoms with van der Waals surface area (Å²) in [7, 11) is 0. The first-order valence-electron chi connectivity index (χ1n) is 8.58. The summed E-state index contributed by atoms with van der Waals surface area (Å²) in [4.78, 5) is 25.8. The van der Waals surface area contributed by atoms with Crippen LogP contribution in [0.25, 0.3) is 0 Å². The Morgan fingerprint density at radius 2 is 1.90 bits per heavy atom. The third-order valence-electron chi connectivity index (χ3n) is 4.03. The standard InChI is InChI=1S/C19H16Cl4N2O4/c20-12-2-5-14(6-3-12)28-9-1-8-25-15-10-13(24-18(27)19(21,22)23)4-7-16(15)29-11-17(25)26/h2-7,10H,1,8-9,11H2,(H,24,27). The molecule has 6 nitrogen and oxygen atoms in total. The van der Waals surface area contributed by atoms with Crippen molar-refractivity contribution in [2.45, 2.75) is 10.2 Å². The van der Waals surface area contributed by atoms with Gasteiger partial charge in [-0.15, -0.1) is 0 Å². The maximum Gasteiger partial charge on any atom is 0.276 e. The topological polar surface area (TPSA) is 67.9 Å². The van der Waals surface area contributed by atoms with E-state index in [9.17, 15) is 9.59 Å². The summed E-state index contributed by atoms with van der Waals surface area (Å²) in [6.45, 7) is 0.751. The molecule has 10 heteroatoms. The molecule has 1 heterocycles. The molecule has 0 saturated heterocycles. The van der Waals surface area contributed by atoms with Crippen molar-refractivity contribution < 1.29 is 19.1 Å². The maximum absolute atomic E-state index is 12.3. The number of alkyl halides is 3. The van der Waals surface area contributed by atoms with Crippen molar-refractivity contribution in [2.75, 3.05) is 30.0 Å². The highest BCUT2D eigenvalue weighted by Crippen LogP contribution is 2.35. The fourth-order valence-corrected chi connectivity index (χ4v) is 2.94. The van der Waals surface area contributed by atoms with Gasteiger partial charge in [0.15, 0.2) is 6.61 Å². The monoisotopic (exact) mass is 476 g/mol. The number of ether oxygens (including phenoxy) is 2. The third-order valence-corrected chi connectivity index (χ3v) is 4.79. The highest BCUT2D eigenvalue weighted by Gasteiger charge is 2.31. The molecule has 1 N–H and O–H groups in total. The van der Waals surface area contributed by atoms with Crippen LogP contribution in [0.15, 0.2) is 42.5 Å². The van der Waals surface area contributed by atoms with Gasteiger partial charge in [-0.05, 0) is 48.9 Å². The molecule has 2 aromatic rings. The molecule has 0 fully saturated rings. The number of carbonyl (C=O) groups excluding carboxylic acids is 2. The first kappa shape index (κ1) is 21.8. The predicted octanol–water partition coefficient (Wildman–Crippen LogP) is 4.84. The van der Waals surface area contributed by atoms with Crippen molar-refractivity contribution in [2.24, 2.45) is 0 Å². The number of benzene rings is 2. The molecule has 154 valence electrons. The van der Waals surface area contributed by atoms with Crippen LogP contribution in [-0.2, 0) is 9.59 Å². The molecule has 29 heavy (non-hydrogen) atoms. The lowest BCUT2D eigenvalue weighted by Crippen LogP contribution is -2.40. The van der Waals surface area contributed by atoms with Crippen LogP contribution in [-0.4, -0.2) is 35.4 Å². The Bertz CT molecular complexity index is 900. The van der Waals surface area contributed by atoms with Crippen molar-refractivity contribution in [1.82, 2.24) is 0 Å². The van der Waals surface area contributed by atoms with Crippen molar-refractivity contribution in [3.63, 3.8) is 0 Å². The molecule has 3 rings (SSSR count). The zero-order valence-corrected chi connectivity index (χ0v) is 18.0. The second kappa shape index (κ2) is 9.30. The predicted molar refractivity (Wildman–Crippen MR) is 115 cm³/mol. The number of rotatable bonds is 6. The average Bonchev–Trinajstić information content (AvgIpc) is 2.67. The molecule has 1 aliphatic heterocycles. The number of fused-ring (bicyclic) bond motifs is 1. The van der Waals surface area contributed by atoms with Crippen LogP contribution in [0, 0.1) is 0 Å². The van der Waals surface area contributed by atoms with Gasteiger partial charge in [0.25, 0.3) is 15.6 Å². The average molecular weight is 478 g/mol. The van der Waals surface area contributed by atoms with Gasteiger partial charge >= 0.3 is 0 Å². The van der Waals surface area contributed by atoms with Gasteiger partial charge < -0.3 is 19.7 Å². The van der Waals surface area contributed by atoms with Crippen LogP contribution < -0.4 is 19.7 Å². The van der Waals surface area contributed by atoms with Gasteiger partial charge in [-0.2, -0.15) is 0 Å². The molecule has 2 aromatic carbocycles. The van der Waals surface area contributed by atoms with E-state index in [0.29, 0.717) is 47.5 Å². The number of nitrogens with one attached hydrogen (secondary N) is 1. The van der Waals surface area contributed by atoms with Crippen LogP contribution in [0.3, 0.4) is 0 Å². The van der Waals surface area contributed by atoms with Crippen molar-refractivity contribution in [3.05, 3.63) is 47.5 Å². The molecule has 0 saturated carbocycles. The zero-order chi connectivity index (χ0) is 21.0. The normalized spacial score (nSPS) is 13.5. The van der Waals surface area contributed by atoms with E-state index in [-0.39, 0.29) is 12.5 Å². The molecule has 1 aliphatic rings. The highest BCUT2D eigenvalue weighted by atomic mass is 35.6. The van der Waals surface area contributed by atoms with Crippen LogP contribution >= 0.6 is 46.4 Å². The Morgan fingerprint density at radius 1 is 1.17 bits per heavy atom. The quantitative estimate of drug-likeness (QED) is 0.477. The molecule has 0 unspecified atom stereocenters. The van der Waals surface area contributed by atoms with E-state index in [0.717, 1.165) is 0 Å². The number of nitrogens with zero attached hydrogens (tertiary/aromatic N) is 1. The Kier molecular flexibility index (Phi) is 7.01. The number of halogens is 4. The summed E-state index contributed by atoms with van der Waals surface area (Å²) in [6.07, 6.45) is 0.582. The summed E-state index contributed by atoms with van der Waals surface area (Å²) >= 11 is 22.6. The first-order chi connectivity index (χ1) is 13.7. The summed E-state index contributed by atoms with van der Waals surface area (Å²) < 4.78 is 9.02. The van der Waals surface area contributed by atoms with Crippen LogP contribution in [0.4, 0.5) is 11.4 Å². The smallest absolute Gasteiger partial charge is 0.276 e. The van der Waals surface area contributed by atoms with E-state index in [1.807, 2.05) is 0 Å². The molecule has 2 amide bonds. The molecule has 0 aliphatic carbocycles. The Balaban J connectivity index is 1.65. The number of hydrogen-bond donors (Lipinski definition) is 1. The zero-order valence-electron chi connectivity index (χ0n) is 15.0. The fourth-order valence-electron chi connectivity index (χ4n) is 2.67. The summed E-state index contributed by atoms with van der Waals surface area (Å²) in [5.41, 5.74) is 0.899. The lowest BCUT2D eigenvalue weighted by atomic mass is 10.2. The van der Waals surface area contributed by atoms with Crippen LogP contribution in [0.5, 0.6) is 11.5 Å². The van der Waals surface area contributed by atoms with Crippen molar-refractivity contribution >= 4 is 69.6 Å². The largest absolute Gasteiger partial charge is 0.494 e. The third kappa shape index (κ3) is 5.82. The van der Waals surface area contributed by atoms with E-state index in [1.54, 1.807) is 47.4 Å². The molecule has 0 aromatic heterocycles. The van der Waals surface area contributed by atoms with E-state index in [2.05, 4.69) is 5.32 Å². The molecule has 0 atom stereocenters. The second-order valence-electron chi connectivity index (χ2n) is 6.12. The number of amides is 2. The van der Waals surface area contributed by atoms with Crippen molar-refractivity contribution in [1.29, 1.82) is 0 Å². The molecular weight excluding hydrogens is 462 g/mol. The van der Waals surface area contributed by atoms with E-state index in [4.69, 9.17) is 55.9 Å². The number of anilines is 2. The number of hydrogen-bond acceptors (Lipinski definition) is 4. The van der Waals surface area contributed by atoms with Gasteiger partial charge in [-0.1, -0.05) is 46.4 Å². The van der Waals surface area contributed by atoms with Crippen LogP contribution in [0.2, 0.25) is 5.02 Å². The van der Waals surface area contributed by atoms with E-state index < -0.39 is 9.70 Å². The summed E-state index contributed by atoms with van der Waals surface area (Å²) in [5.74, 6) is 0.220. The van der Waals surface area contributed by atoms with Gasteiger partial charge in [-0.25, -0.2) is 0 Å². The minimum atomic E-state index is -2.10. The van der Waals surface area contributed by atoms with Gasteiger partial charge in [0.05, 0.1) is 12.3 Å². The highest BCUT2D eigenvalue weighted by molar-refractivity contribution is 6.76. The number of carbonyl (C=O) groups is 2. The summed E-state index contributed by atoms with van der Waals surface area (Å²) in [6, 6.07) is 11.9. The minimum absolute atomic E-state index is 0.0646. The van der Waals surface area contributed by atoms with Gasteiger partial charge in [0.2, 0.25) is 0 Å². The van der Waals surface area contributed by atoms with Gasteiger partial charge in [0, 0.05) is 17.3 Å². The fraction of sp³-hybridized carbons (Fsp3) is 0.263. The first-order valence-corrected chi connectivity index (χ1v) is 10.1. The van der Waals surface area contributed by atoms with E-state index >= 15 is 0 Å². The second-order valence-corrected chi connectivity index (χ2v) is 8.84. The minimum Gasteiger partial charge on any atom is -0.494 e. The maximum atomic E-state index is 12.3. The lowest BCUT2D eigenvalue weighted by Gasteiger charge is -2.30. The lowest BCUT2D eigenvalue weighted by molar-refractivity contribution is -0.121.